The molecule has 0 aliphatic carbocycles. The van der Waals surface area contributed by atoms with Crippen LogP contribution >= 0.6 is 0 Å². The Morgan fingerprint density at radius 2 is 1.72 bits per heavy atom. The third-order valence-electron chi connectivity index (χ3n) is 4.58. The fourth-order valence-electron chi connectivity index (χ4n) is 2.90. The molecule has 5 heteroatoms. The average molecular weight is 388 g/mol. The third kappa shape index (κ3) is 5.69. The van der Waals surface area contributed by atoms with Gasteiger partial charge >= 0.3 is 0 Å². The first kappa shape index (κ1) is 20.1. The Bertz CT molecular complexity index is 1030. The summed E-state index contributed by atoms with van der Waals surface area (Å²) in [5, 5.41) is 7.83. The number of benzene rings is 3. The van der Waals surface area contributed by atoms with E-state index in [9.17, 15) is 9.59 Å². The summed E-state index contributed by atoms with van der Waals surface area (Å²) < 4.78 is 5.10. The molecule has 3 rings (SSSR count). The molecule has 1 atom stereocenters. The van der Waals surface area contributed by atoms with Gasteiger partial charge in [-0.3, -0.25) is 9.59 Å². The minimum atomic E-state index is -0.636. The molecule has 0 bridgehead atoms. The highest BCUT2D eigenvalue weighted by atomic mass is 16.5. The molecule has 0 spiro atoms. The van der Waals surface area contributed by atoms with Crippen molar-refractivity contribution in [1.29, 1.82) is 0 Å². The molecule has 0 aliphatic heterocycles. The number of methoxy groups -OCH3 is 1. The van der Waals surface area contributed by atoms with E-state index in [4.69, 9.17) is 4.74 Å². The molecule has 148 valence electrons. The van der Waals surface area contributed by atoms with Crippen molar-refractivity contribution < 1.29 is 14.3 Å². The van der Waals surface area contributed by atoms with Crippen molar-refractivity contribution in [3.63, 3.8) is 0 Å². The summed E-state index contributed by atoms with van der Waals surface area (Å²) in [6.45, 7) is 2.07. The quantitative estimate of drug-likeness (QED) is 0.607. The van der Waals surface area contributed by atoms with Crippen LogP contribution in [0.2, 0.25) is 0 Å². The normalized spacial score (nSPS) is 11.9. The molecule has 0 radical (unpaired) electrons. The molecule has 3 aromatic rings. The summed E-state index contributed by atoms with van der Waals surface area (Å²) in [5.41, 5.74) is 1.88. The fraction of sp³-hybridized carbons (Fsp3) is 0.167. The summed E-state index contributed by atoms with van der Waals surface area (Å²) in [6, 6.07) is 20.9. The van der Waals surface area contributed by atoms with Crippen LogP contribution in [0.25, 0.3) is 16.8 Å². The molecular formula is C24H24N2O3. The average Bonchev–Trinajstić information content (AvgIpc) is 2.76. The predicted octanol–water partition coefficient (Wildman–Crippen LogP) is 3.68. The van der Waals surface area contributed by atoms with Crippen molar-refractivity contribution in [2.45, 2.75) is 19.5 Å². The first-order chi connectivity index (χ1) is 14.0. The molecule has 0 aromatic heterocycles. The first-order valence-corrected chi connectivity index (χ1v) is 9.43. The van der Waals surface area contributed by atoms with Gasteiger partial charge in [-0.2, -0.15) is 0 Å². The summed E-state index contributed by atoms with van der Waals surface area (Å²) in [5.74, 6) is 0.196. The van der Waals surface area contributed by atoms with Crippen LogP contribution in [-0.4, -0.2) is 25.0 Å². The van der Waals surface area contributed by atoms with Crippen LogP contribution in [0.1, 0.15) is 18.1 Å². The van der Waals surface area contributed by atoms with Crippen molar-refractivity contribution in [3.8, 4) is 5.75 Å². The first-order valence-electron chi connectivity index (χ1n) is 9.43. The summed E-state index contributed by atoms with van der Waals surface area (Å²) in [4.78, 5) is 24.4. The number of ether oxygens (including phenoxy) is 1. The monoisotopic (exact) mass is 388 g/mol. The lowest BCUT2D eigenvalue weighted by atomic mass is 10.1. The molecule has 0 aliphatic rings. The maximum Gasteiger partial charge on any atom is 0.244 e. The molecule has 1 unspecified atom stereocenters. The van der Waals surface area contributed by atoms with Gasteiger partial charge in [-0.05, 0) is 53.1 Å². The van der Waals surface area contributed by atoms with Crippen molar-refractivity contribution in [2.75, 3.05) is 7.11 Å². The number of hydrogen-bond acceptors (Lipinski definition) is 3. The van der Waals surface area contributed by atoms with E-state index < -0.39 is 6.04 Å². The van der Waals surface area contributed by atoms with Crippen LogP contribution in [0.15, 0.2) is 72.8 Å². The molecular weight excluding hydrogens is 364 g/mol. The second-order valence-corrected chi connectivity index (χ2v) is 6.74. The topological polar surface area (TPSA) is 67.4 Å². The number of hydrogen-bond donors (Lipinski definition) is 2. The van der Waals surface area contributed by atoms with E-state index in [0.717, 1.165) is 27.6 Å². The molecule has 0 saturated carbocycles. The van der Waals surface area contributed by atoms with Crippen LogP contribution < -0.4 is 15.4 Å². The number of nitrogens with one attached hydrogen (secondary N) is 2. The van der Waals surface area contributed by atoms with Gasteiger partial charge in [-0.25, -0.2) is 0 Å². The zero-order valence-corrected chi connectivity index (χ0v) is 16.5. The van der Waals surface area contributed by atoms with Gasteiger partial charge < -0.3 is 15.4 Å². The second kappa shape index (κ2) is 9.55. The van der Waals surface area contributed by atoms with Crippen molar-refractivity contribution in [2.24, 2.45) is 0 Å². The Balaban J connectivity index is 1.49. The van der Waals surface area contributed by atoms with Gasteiger partial charge in [-0.1, -0.05) is 48.5 Å². The lowest BCUT2D eigenvalue weighted by molar-refractivity contribution is -0.126. The van der Waals surface area contributed by atoms with Crippen LogP contribution in [0, 0.1) is 0 Å². The Morgan fingerprint density at radius 3 is 2.45 bits per heavy atom. The number of amides is 2. The molecule has 5 nitrogen and oxygen atoms in total. The highest BCUT2D eigenvalue weighted by Crippen LogP contribution is 2.15. The highest BCUT2D eigenvalue weighted by molar-refractivity contribution is 5.95. The lowest BCUT2D eigenvalue weighted by Crippen LogP contribution is -2.44. The van der Waals surface area contributed by atoms with E-state index >= 15 is 0 Å². The Labute approximate surface area is 170 Å². The van der Waals surface area contributed by atoms with E-state index in [1.54, 1.807) is 20.1 Å². The van der Waals surface area contributed by atoms with Crippen LogP contribution in [-0.2, 0) is 16.1 Å². The Kier molecular flexibility index (Phi) is 6.63. The predicted molar refractivity (Wildman–Crippen MR) is 115 cm³/mol. The highest BCUT2D eigenvalue weighted by Gasteiger charge is 2.13. The molecule has 0 heterocycles. The molecule has 0 fully saturated rings. The van der Waals surface area contributed by atoms with E-state index in [1.807, 2.05) is 54.6 Å². The molecule has 2 amide bonds. The minimum absolute atomic E-state index is 0.232. The number of fused-ring (bicyclic) bond motifs is 1. The molecule has 29 heavy (non-hydrogen) atoms. The largest absolute Gasteiger partial charge is 0.497 e. The van der Waals surface area contributed by atoms with Crippen LogP contribution in [0.3, 0.4) is 0 Å². The molecule has 2 N–H and O–H groups in total. The Hall–Kier alpha value is -3.60. The van der Waals surface area contributed by atoms with E-state index in [-0.39, 0.29) is 11.8 Å². The van der Waals surface area contributed by atoms with Gasteiger partial charge in [0.2, 0.25) is 11.8 Å². The van der Waals surface area contributed by atoms with Crippen molar-refractivity contribution >= 4 is 28.7 Å². The zero-order valence-electron chi connectivity index (χ0n) is 16.5. The zero-order chi connectivity index (χ0) is 20.6. The number of carbonyl (C=O) groups is 2. The summed E-state index contributed by atoms with van der Waals surface area (Å²) in [6.07, 6.45) is 3.10. The second-order valence-electron chi connectivity index (χ2n) is 6.74. The van der Waals surface area contributed by atoms with Gasteiger partial charge in [0.25, 0.3) is 0 Å². The van der Waals surface area contributed by atoms with Gasteiger partial charge in [0, 0.05) is 12.6 Å². The van der Waals surface area contributed by atoms with Crippen LogP contribution in [0.4, 0.5) is 0 Å². The summed E-state index contributed by atoms with van der Waals surface area (Å²) in [7, 11) is 1.60. The standard InChI is InChI=1S/C24H24N2O3/c1-17(26-23(27)14-10-18-8-12-22(29-2)13-9-18)24(28)25-16-19-7-11-20-5-3-4-6-21(20)15-19/h3-15,17H,16H2,1-2H3,(H,25,28)(H,26,27)/b14-10+. The van der Waals surface area contributed by atoms with Gasteiger partial charge in [0.1, 0.15) is 11.8 Å². The SMILES string of the molecule is COc1ccc(/C=C/C(=O)NC(C)C(=O)NCc2ccc3ccccc3c2)cc1. The maximum absolute atomic E-state index is 12.3. The number of rotatable bonds is 7. The van der Waals surface area contributed by atoms with E-state index in [1.165, 1.54) is 6.08 Å². The lowest BCUT2D eigenvalue weighted by Gasteiger charge is -2.13. The molecule has 3 aromatic carbocycles. The van der Waals surface area contributed by atoms with E-state index in [2.05, 4.69) is 22.8 Å². The molecule has 0 saturated heterocycles. The third-order valence-corrected chi connectivity index (χ3v) is 4.58. The van der Waals surface area contributed by atoms with Gasteiger partial charge in [0.05, 0.1) is 7.11 Å². The maximum atomic E-state index is 12.3. The Morgan fingerprint density at radius 1 is 1.00 bits per heavy atom. The van der Waals surface area contributed by atoms with Gasteiger partial charge in [0.15, 0.2) is 0 Å². The fourth-order valence-corrected chi connectivity index (χ4v) is 2.90. The van der Waals surface area contributed by atoms with Crippen molar-refractivity contribution in [1.82, 2.24) is 10.6 Å². The minimum Gasteiger partial charge on any atom is -0.497 e. The number of carbonyl (C=O) groups excluding carboxylic acids is 2. The smallest absolute Gasteiger partial charge is 0.244 e. The van der Waals surface area contributed by atoms with Crippen molar-refractivity contribution in [3.05, 3.63) is 83.9 Å². The van der Waals surface area contributed by atoms with Crippen LogP contribution in [0.5, 0.6) is 5.75 Å². The summed E-state index contributed by atoms with van der Waals surface area (Å²) >= 11 is 0. The van der Waals surface area contributed by atoms with E-state index in [0.29, 0.717) is 6.54 Å². The van der Waals surface area contributed by atoms with Gasteiger partial charge in [-0.15, -0.1) is 0 Å².